The number of esters is 1. The van der Waals surface area contributed by atoms with Gasteiger partial charge in [0.15, 0.2) is 0 Å². The lowest BCUT2D eigenvalue weighted by Crippen LogP contribution is -2.37. The second-order valence-electron chi connectivity index (χ2n) is 6.82. The number of hydrogen-bond acceptors (Lipinski definition) is 3. The Morgan fingerprint density at radius 1 is 1.26 bits per heavy atom. The van der Waals surface area contributed by atoms with Crippen molar-refractivity contribution in [2.24, 2.45) is 17.8 Å². The lowest BCUT2D eigenvalue weighted by atomic mass is 9.71. The Balaban J connectivity index is 1.57. The van der Waals surface area contributed by atoms with Crippen LogP contribution in [0.3, 0.4) is 0 Å². The molecule has 1 aliphatic heterocycles. The van der Waals surface area contributed by atoms with Crippen LogP contribution in [-0.4, -0.2) is 23.8 Å². The third kappa shape index (κ3) is 1.57. The first-order chi connectivity index (χ1) is 9.23. The van der Waals surface area contributed by atoms with Gasteiger partial charge in [-0.3, -0.25) is 0 Å². The van der Waals surface area contributed by atoms with Crippen LogP contribution in [0.4, 0.5) is 0 Å². The van der Waals surface area contributed by atoms with Gasteiger partial charge in [0.2, 0.25) is 0 Å². The van der Waals surface area contributed by atoms with Crippen LogP contribution in [0.5, 0.6) is 0 Å². The van der Waals surface area contributed by atoms with Crippen molar-refractivity contribution in [3.63, 3.8) is 0 Å². The van der Waals surface area contributed by atoms with E-state index < -0.39 is 0 Å². The minimum Gasteiger partial charge on any atom is -0.456 e. The fourth-order valence-electron chi connectivity index (χ4n) is 5.36. The van der Waals surface area contributed by atoms with E-state index in [0.717, 1.165) is 5.92 Å². The van der Waals surface area contributed by atoms with Crippen LogP contribution >= 0.6 is 0 Å². The third-order valence-corrected chi connectivity index (χ3v) is 6.02. The Morgan fingerprint density at radius 3 is 2.79 bits per heavy atom. The van der Waals surface area contributed by atoms with Crippen LogP contribution in [0.25, 0.3) is 0 Å². The quantitative estimate of drug-likeness (QED) is 0.567. The number of carbonyl (C=O) groups is 1. The number of rotatable bonds is 2. The molecule has 5 atom stereocenters. The zero-order valence-corrected chi connectivity index (χ0v) is 11.3. The fraction of sp³-hybridized carbons (Fsp3) is 0.812. The molecule has 5 unspecified atom stereocenters. The van der Waals surface area contributed by atoms with Crippen LogP contribution in [-0.2, 0) is 14.3 Å². The van der Waals surface area contributed by atoms with E-state index in [2.05, 4.69) is 6.58 Å². The second-order valence-corrected chi connectivity index (χ2v) is 6.82. The van der Waals surface area contributed by atoms with Gasteiger partial charge in [-0.25, -0.2) is 4.79 Å². The van der Waals surface area contributed by atoms with Crippen molar-refractivity contribution in [1.29, 1.82) is 0 Å². The number of fused-ring (bicyclic) bond motifs is 2. The van der Waals surface area contributed by atoms with Gasteiger partial charge >= 0.3 is 5.97 Å². The van der Waals surface area contributed by atoms with Crippen molar-refractivity contribution in [3.05, 3.63) is 12.7 Å². The predicted molar refractivity (Wildman–Crippen MR) is 70.5 cm³/mol. The largest absolute Gasteiger partial charge is 0.456 e. The monoisotopic (exact) mass is 262 g/mol. The maximum atomic E-state index is 11.5. The van der Waals surface area contributed by atoms with Crippen LogP contribution < -0.4 is 0 Å². The normalized spacial score (nSPS) is 45.6. The number of ether oxygens (including phenoxy) is 2. The maximum Gasteiger partial charge on any atom is 0.330 e. The van der Waals surface area contributed by atoms with Crippen molar-refractivity contribution in [2.45, 2.75) is 62.8 Å². The Hall–Kier alpha value is -0.830. The molecule has 1 heterocycles. The minimum atomic E-state index is -0.290. The van der Waals surface area contributed by atoms with E-state index in [1.165, 1.54) is 51.0 Å². The first kappa shape index (κ1) is 12.0. The van der Waals surface area contributed by atoms with Crippen molar-refractivity contribution in [2.75, 3.05) is 0 Å². The summed E-state index contributed by atoms with van der Waals surface area (Å²) in [6.45, 7) is 3.49. The second kappa shape index (κ2) is 4.08. The standard InChI is InChI=1S/C16H22O3/c1-2-13(17)18-14-10-8-11-12(9-10)16(19-15(11)14)6-4-3-5-7-16/h2,10-12,14-15H,1,3-9H2. The van der Waals surface area contributed by atoms with Crippen LogP contribution in [0.15, 0.2) is 12.7 Å². The zero-order valence-electron chi connectivity index (χ0n) is 11.3. The van der Waals surface area contributed by atoms with E-state index in [1.807, 2.05) is 0 Å². The molecular formula is C16H22O3. The van der Waals surface area contributed by atoms with E-state index in [9.17, 15) is 4.79 Å². The molecule has 1 saturated heterocycles. The highest BCUT2D eigenvalue weighted by atomic mass is 16.6. The molecule has 1 spiro atoms. The van der Waals surface area contributed by atoms with Gasteiger partial charge in [-0.05, 0) is 43.4 Å². The van der Waals surface area contributed by atoms with E-state index in [-0.39, 0.29) is 23.8 Å². The molecule has 0 amide bonds. The van der Waals surface area contributed by atoms with Crippen LogP contribution in [0.1, 0.15) is 44.9 Å². The lowest BCUT2D eigenvalue weighted by molar-refractivity contribution is -0.157. The van der Waals surface area contributed by atoms with Crippen molar-refractivity contribution >= 4 is 5.97 Å². The summed E-state index contributed by atoms with van der Waals surface area (Å²) < 4.78 is 12.1. The molecule has 3 heteroatoms. The van der Waals surface area contributed by atoms with Crippen molar-refractivity contribution in [1.82, 2.24) is 0 Å². The molecule has 0 aromatic heterocycles. The number of carbonyl (C=O) groups excluding carboxylic acids is 1. The first-order valence-electron chi connectivity index (χ1n) is 7.74. The Kier molecular flexibility index (Phi) is 2.57. The molecule has 3 nitrogen and oxygen atoms in total. The number of hydrogen-bond donors (Lipinski definition) is 0. The average Bonchev–Trinajstić information content (AvgIpc) is 3.04. The smallest absolute Gasteiger partial charge is 0.330 e. The summed E-state index contributed by atoms with van der Waals surface area (Å²) in [5.41, 5.74) is 0.137. The summed E-state index contributed by atoms with van der Waals surface area (Å²) in [4.78, 5) is 11.5. The fourth-order valence-corrected chi connectivity index (χ4v) is 5.36. The van der Waals surface area contributed by atoms with E-state index in [1.54, 1.807) is 0 Å². The zero-order chi connectivity index (χ0) is 13.0. The molecule has 4 rings (SSSR count). The molecule has 2 bridgehead atoms. The minimum absolute atomic E-state index is 0.00643. The molecule has 3 saturated carbocycles. The molecule has 0 N–H and O–H groups in total. The predicted octanol–water partition coefficient (Wildman–Crippen LogP) is 2.84. The van der Waals surface area contributed by atoms with Gasteiger partial charge in [0.25, 0.3) is 0 Å². The molecule has 19 heavy (non-hydrogen) atoms. The molecular weight excluding hydrogens is 240 g/mol. The molecule has 0 aromatic rings. The molecule has 104 valence electrons. The van der Waals surface area contributed by atoms with Crippen LogP contribution in [0, 0.1) is 17.8 Å². The summed E-state index contributed by atoms with van der Waals surface area (Å²) in [6, 6.07) is 0. The summed E-state index contributed by atoms with van der Waals surface area (Å²) >= 11 is 0. The van der Waals surface area contributed by atoms with E-state index >= 15 is 0 Å². The highest BCUT2D eigenvalue weighted by molar-refractivity contribution is 5.81. The van der Waals surface area contributed by atoms with Crippen LogP contribution in [0.2, 0.25) is 0 Å². The van der Waals surface area contributed by atoms with Gasteiger partial charge in [-0.15, -0.1) is 0 Å². The summed E-state index contributed by atoms with van der Waals surface area (Å²) in [5.74, 6) is 1.62. The Bertz CT molecular complexity index is 410. The summed E-state index contributed by atoms with van der Waals surface area (Å²) in [7, 11) is 0. The molecule has 0 aromatic carbocycles. The maximum absolute atomic E-state index is 11.5. The SMILES string of the molecule is C=CC(=O)OC1C2CC3C1OC1(CCCCC1)C3C2. The van der Waals surface area contributed by atoms with Gasteiger partial charge in [0.1, 0.15) is 6.10 Å². The topological polar surface area (TPSA) is 35.5 Å². The highest BCUT2D eigenvalue weighted by Crippen LogP contribution is 2.63. The molecule has 4 aliphatic rings. The van der Waals surface area contributed by atoms with Gasteiger partial charge in [-0.2, -0.15) is 0 Å². The molecule has 0 radical (unpaired) electrons. The molecule has 3 aliphatic carbocycles. The van der Waals surface area contributed by atoms with Gasteiger partial charge in [0.05, 0.1) is 11.7 Å². The highest BCUT2D eigenvalue weighted by Gasteiger charge is 2.67. The van der Waals surface area contributed by atoms with Crippen molar-refractivity contribution < 1.29 is 14.3 Å². The third-order valence-electron chi connectivity index (χ3n) is 6.02. The summed E-state index contributed by atoms with van der Waals surface area (Å²) in [6.07, 6.45) is 10.2. The first-order valence-corrected chi connectivity index (χ1v) is 7.74. The van der Waals surface area contributed by atoms with Crippen molar-refractivity contribution in [3.8, 4) is 0 Å². The Labute approximate surface area is 114 Å². The van der Waals surface area contributed by atoms with Gasteiger partial charge in [-0.1, -0.05) is 25.8 Å². The Morgan fingerprint density at radius 2 is 2.05 bits per heavy atom. The lowest BCUT2D eigenvalue weighted by Gasteiger charge is -2.37. The van der Waals surface area contributed by atoms with E-state index in [0.29, 0.717) is 11.8 Å². The summed E-state index contributed by atoms with van der Waals surface area (Å²) in [5, 5.41) is 0. The van der Waals surface area contributed by atoms with Gasteiger partial charge < -0.3 is 9.47 Å². The van der Waals surface area contributed by atoms with E-state index in [4.69, 9.17) is 9.47 Å². The average molecular weight is 262 g/mol. The van der Waals surface area contributed by atoms with Gasteiger partial charge in [0, 0.05) is 6.08 Å². The molecule has 4 fully saturated rings.